The van der Waals surface area contributed by atoms with Gasteiger partial charge in [-0.15, -0.1) is 0 Å². The lowest BCUT2D eigenvalue weighted by Crippen LogP contribution is -2.41. The van der Waals surface area contributed by atoms with E-state index in [0.29, 0.717) is 24.3 Å². The van der Waals surface area contributed by atoms with Crippen molar-refractivity contribution in [2.75, 3.05) is 18.6 Å². The summed E-state index contributed by atoms with van der Waals surface area (Å²) in [5.74, 6) is 0.281. The molecule has 25 heavy (non-hydrogen) atoms. The predicted octanol–water partition coefficient (Wildman–Crippen LogP) is 2.85. The highest BCUT2D eigenvalue weighted by atomic mass is 16.5. The zero-order valence-electron chi connectivity index (χ0n) is 14.7. The quantitative estimate of drug-likeness (QED) is 0.932. The van der Waals surface area contributed by atoms with E-state index in [2.05, 4.69) is 11.4 Å². The van der Waals surface area contributed by atoms with Crippen molar-refractivity contribution in [3.05, 3.63) is 59.2 Å². The average Bonchev–Trinajstić information content (AvgIpc) is 2.94. The number of hydrogen-bond donors (Lipinski definition) is 1. The summed E-state index contributed by atoms with van der Waals surface area (Å²) in [6, 6.07) is 12.5. The Morgan fingerprint density at radius 3 is 2.56 bits per heavy atom. The maximum Gasteiger partial charge on any atom is 0.252 e. The van der Waals surface area contributed by atoms with Crippen molar-refractivity contribution < 1.29 is 14.3 Å². The summed E-state index contributed by atoms with van der Waals surface area (Å²) in [7, 11) is 1.55. The van der Waals surface area contributed by atoms with Gasteiger partial charge in [-0.1, -0.05) is 12.1 Å². The highest BCUT2D eigenvalue weighted by Gasteiger charge is 2.33. The molecule has 1 saturated heterocycles. The largest absolute Gasteiger partial charge is 0.497 e. The first-order chi connectivity index (χ1) is 12.0. The molecule has 5 heteroatoms. The van der Waals surface area contributed by atoms with Gasteiger partial charge < -0.3 is 15.0 Å². The number of methoxy groups -OCH3 is 1. The number of nitrogens with one attached hydrogen (secondary N) is 1. The highest BCUT2D eigenvalue weighted by molar-refractivity contribution is 6.04. The van der Waals surface area contributed by atoms with E-state index in [1.54, 1.807) is 36.3 Å². The summed E-state index contributed by atoms with van der Waals surface area (Å²) in [6.45, 7) is 4.63. The minimum absolute atomic E-state index is 0.0683. The van der Waals surface area contributed by atoms with Crippen molar-refractivity contribution in [1.82, 2.24) is 5.32 Å². The Balaban J connectivity index is 1.72. The smallest absolute Gasteiger partial charge is 0.252 e. The van der Waals surface area contributed by atoms with Crippen molar-refractivity contribution in [3.63, 3.8) is 0 Å². The zero-order chi connectivity index (χ0) is 18.0. The van der Waals surface area contributed by atoms with Crippen LogP contribution in [0, 0.1) is 13.8 Å². The molecule has 2 aromatic rings. The fraction of sp³-hybridized carbons (Fsp3) is 0.300. The number of nitrogens with zero attached hydrogens (tertiary/aromatic N) is 1. The van der Waals surface area contributed by atoms with Crippen LogP contribution in [0.25, 0.3) is 0 Å². The molecule has 2 amide bonds. The van der Waals surface area contributed by atoms with Gasteiger partial charge in [-0.3, -0.25) is 9.59 Å². The molecule has 1 atom stereocenters. The van der Waals surface area contributed by atoms with E-state index in [0.717, 1.165) is 16.8 Å². The van der Waals surface area contributed by atoms with Crippen LogP contribution >= 0.6 is 0 Å². The summed E-state index contributed by atoms with van der Waals surface area (Å²) in [5.41, 5.74) is 3.61. The topological polar surface area (TPSA) is 58.6 Å². The predicted molar refractivity (Wildman–Crippen MR) is 97.1 cm³/mol. The molecule has 0 unspecified atom stereocenters. The third-order valence-corrected chi connectivity index (χ3v) is 4.36. The second kappa shape index (κ2) is 6.97. The average molecular weight is 338 g/mol. The molecule has 1 fully saturated rings. The molecule has 5 nitrogen and oxygen atoms in total. The molecule has 0 radical (unpaired) electrons. The summed E-state index contributed by atoms with van der Waals surface area (Å²) in [5, 5.41) is 2.84. The van der Waals surface area contributed by atoms with Crippen LogP contribution < -0.4 is 15.0 Å². The number of rotatable bonds is 4. The Hall–Kier alpha value is -2.82. The monoisotopic (exact) mass is 338 g/mol. The molecular weight excluding hydrogens is 316 g/mol. The van der Waals surface area contributed by atoms with E-state index in [-0.39, 0.29) is 11.8 Å². The molecule has 1 aliphatic rings. The molecule has 1 aliphatic heterocycles. The van der Waals surface area contributed by atoms with E-state index in [1.807, 2.05) is 26.0 Å². The van der Waals surface area contributed by atoms with E-state index < -0.39 is 6.04 Å². The van der Waals surface area contributed by atoms with Crippen molar-refractivity contribution in [2.45, 2.75) is 26.3 Å². The van der Waals surface area contributed by atoms with Gasteiger partial charge >= 0.3 is 0 Å². The Morgan fingerprint density at radius 1 is 1.16 bits per heavy atom. The lowest BCUT2D eigenvalue weighted by Gasteiger charge is -2.18. The number of benzene rings is 2. The Kier molecular flexibility index (Phi) is 4.74. The zero-order valence-corrected chi connectivity index (χ0v) is 14.7. The van der Waals surface area contributed by atoms with Crippen molar-refractivity contribution in [1.29, 1.82) is 0 Å². The van der Waals surface area contributed by atoms with Crippen molar-refractivity contribution >= 4 is 17.5 Å². The van der Waals surface area contributed by atoms with Crippen LogP contribution in [0.15, 0.2) is 42.5 Å². The molecule has 0 bridgehead atoms. The van der Waals surface area contributed by atoms with Gasteiger partial charge in [-0.25, -0.2) is 0 Å². The molecule has 0 saturated carbocycles. The first kappa shape index (κ1) is 17.0. The maximum atomic E-state index is 12.7. The fourth-order valence-electron chi connectivity index (χ4n) is 3.18. The number of ether oxygens (including phenoxy) is 1. The molecule has 3 rings (SSSR count). The first-order valence-electron chi connectivity index (χ1n) is 8.32. The summed E-state index contributed by atoms with van der Waals surface area (Å²) in [4.78, 5) is 26.9. The number of hydrogen-bond acceptors (Lipinski definition) is 3. The summed E-state index contributed by atoms with van der Waals surface area (Å²) in [6.07, 6.45) is 0.599. The summed E-state index contributed by atoms with van der Waals surface area (Å²) >= 11 is 0. The highest BCUT2D eigenvalue weighted by Crippen LogP contribution is 2.24. The molecule has 1 N–H and O–H groups in total. The van der Waals surface area contributed by atoms with Crippen molar-refractivity contribution in [3.8, 4) is 5.75 Å². The van der Waals surface area contributed by atoms with Crippen LogP contribution in [0.3, 0.4) is 0 Å². The standard InChI is InChI=1S/C20H22N2O3/c1-13-9-14(2)11-16(10-13)22-8-7-18(20(22)24)21-19(23)15-5-4-6-17(12-15)25-3/h4-6,9-12,18H,7-8H2,1-3H3,(H,21,23)/t18-/m1/s1. The minimum Gasteiger partial charge on any atom is -0.497 e. The van der Waals surface area contributed by atoms with Gasteiger partial charge in [0.1, 0.15) is 11.8 Å². The van der Waals surface area contributed by atoms with E-state index in [1.165, 1.54) is 0 Å². The second-order valence-corrected chi connectivity index (χ2v) is 6.38. The second-order valence-electron chi connectivity index (χ2n) is 6.38. The third kappa shape index (κ3) is 3.65. The Labute approximate surface area is 147 Å². The summed E-state index contributed by atoms with van der Waals surface area (Å²) < 4.78 is 5.14. The van der Waals surface area contributed by atoms with Crippen LogP contribution in [0.1, 0.15) is 27.9 Å². The molecule has 2 aromatic carbocycles. The normalized spacial score (nSPS) is 16.8. The molecule has 0 aromatic heterocycles. The third-order valence-electron chi connectivity index (χ3n) is 4.36. The van der Waals surface area contributed by atoms with E-state index in [9.17, 15) is 9.59 Å². The number of amides is 2. The van der Waals surface area contributed by atoms with Gasteiger partial charge in [0.05, 0.1) is 7.11 Å². The van der Waals surface area contributed by atoms with Gasteiger partial charge in [-0.05, 0) is 61.7 Å². The van der Waals surface area contributed by atoms with Gasteiger partial charge in [0.25, 0.3) is 5.91 Å². The molecule has 1 heterocycles. The van der Waals surface area contributed by atoms with E-state index in [4.69, 9.17) is 4.74 Å². The van der Waals surface area contributed by atoms with Gasteiger partial charge in [0.15, 0.2) is 0 Å². The van der Waals surface area contributed by atoms with Crippen LogP contribution in [-0.4, -0.2) is 31.5 Å². The van der Waals surface area contributed by atoms with Gasteiger partial charge in [0, 0.05) is 17.8 Å². The fourth-order valence-corrected chi connectivity index (χ4v) is 3.18. The number of anilines is 1. The SMILES string of the molecule is COc1cccc(C(=O)N[C@@H]2CCN(c3cc(C)cc(C)c3)C2=O)c1. The van der Waals surface area contributed by atoms with Crippen LogP contribution in [-0.2, 0) is 4.79 Å². The number of carbonyl (C=O) groups is 2. The Bertz CT molecular complexity index is 796. The molecule has 130 valence electrons. The number of aryl methyl sites for hydroxylation is 2. The van der Waals surface area contributed by atoms with Gasteiger partial charge in [-0.2, -0.15) is 0 Å². The van der Waals surface area contributed by atoms with Gasteiger partial charge in [0.2, 0.25) is 5.91 Å². The lowest BCUT2D eigenvalue weighted by molar-refractivity contribution is -0.118. The first-order valence-corrected chi connectivity index (χ1v) is 8.32. The lowest BCUT2D eigenvalue weighted by atomic mass is 10.1. The molecule has 0 aliphatic carbocycles. The van der Waals surface area contributed by atoms with Crippen molar-refractivity contribution in [2.24, 2.45) is 0 Å². The Morgan fingerprint density at radius 2 is 1.88 bits per heavy atom. The number of carbonyl (C=O) groups excluding carboxylic acids is 2. The van der Waals surface area contributed by atoms with Crippen LogP contribution in [0.4, 0.5) is 5.69 Å². The van der Waals surface area contributed by atoms with Crippen LogP contribution in [0.5, 0.6) is 5.75 Å². The molecule has 0 spiro atoms. The minimum atomic E-state index is -0.500. The maximum absolute atomic E-state index is 12.7. The molecular formula is C20H22N2O3. The van der Waals surface area contributed by atoms with E-state index >= 15 is 0 Å². The van der Waals surface area contributed by atoms with Crippen LogP contribution in [0.2, 0.25) is 0 Å².